The Balaban J connectivity index is 2.25. The smallest absolute Gasteiger partial charge is 0.235 e. The molecule has 0 N–H and O–H groups in total. The lowest BCUT2D eigenvalue weighted by atomic mass is 9.91. The van der Waals surface area contributed by atoms with E-state index in [4.69, 9.17) is 4.74 Å². The van der Waals surface area contributed by atoms with Crippen molar-refractivity contribution in [2.24, 2.45) is 11.8 Å². The number of likely N-dealkylation sites (tertiary alicyclic amines) is 1. The zero-order valence-corrected chi connectivity index (χ0v) is 9.74. The van der Waals surface area contributed by atoms with Gasteiger partial charge >= 0.3 is 0 Å². The fraction of sp³-hybridized carbons (Fsp3) is 0.800. The largest absolute Gasteiger partial charge is 0.374 e. The second kappa shape index (κ2) is 3.79. The summed E-state index contributed by atoms with van der Waals surface area (Å²) in [5, 5.41) is 0. The van der Waals surface area contributed by atoms with E-state index in [9.17, 15) is 9.59 Å². The van der Waals surface area contributed by atoms with Crippen LogP contribution in [-0.4, -0.2) is 41.2 Å². The number of hydrogen-bond acceptors (Lipinski definition) is 4. The average Bonchev–Trinajstić information content (AvgIpc) is 2.59. The molecule has 15 heavy (non-hydrogen) atoms. The van der Waals surface area contributed by atoms with Gasteiger partial charge in [-0.3, -0.25) is 14.5 Å². The van der Waals surface area contributed by atoms with Crippen molar-refractivity contribution in [1.82, 2.24) is 4.90 Å². The van der Waals surface area contributed by atoms with E-state index in [1.54, 1.807) is 0 Å². The number of amides is 2. The summed E-state index contributed by atoms with van der Waals surface area (Å²) in [4.78, 5) is 25.2. The number of hydrogen-bond donors (Lipinski definition) is 1. The molecule has 0 saturated carbocycles. The number of ether oxygens (including phenoxy) is 1. The number of imide groups is 1. The highest BCUT2D eigenvalue weighted by atomic mass is 32.1. The molecule has 2 saturated heterocycles. The summed E-state index contributed by atoms with van der Waals surface area (Å²) < 4.78 is 5.51. The van der Waals surface area contributed by atoms with Gasteiger partial charge in [0.1, 0.15) is 0 Å². The molecule has 4 atom stereocenters. The molecule has 4 unspecified atom stereocenters. The van der Waals surface area contributed by atoms with Crippen LogP contribution in [0.15, 0.2) is 0 Å². The van der Waals surface area contributed by atoms with Gasteiger partial charge in [0, 0.05) is 12.3 Å². The fourth-order valence-electron chi connectivity index (χ4n) is 2.59. The maximum Gasteiger partial charge on any atom is 0.235 e. The molecule has 84 valence electrons. The first kappa shape index (κ1) is 11.0. The molecule has 0 spiro atoms. The highest BCUT2D eigenvalue weighted by Crippen LogP contribution is 2.39. The Morgan fingerprint density at radius 2 is 1.67 bits per heavy atom. The zero-order valence-electron chi connectivity index (χ0n) is 8.84. The number of carbonyl (C=O) groups excluding carboxylic acids is 2. The molecule has 4 nitrogen and oxygen atoms in total. The van der Waals surface area contributed by atoms with Crippen LogP contribution < -0.4 is 0 Å². The topological polar surface area (TPSA) is 46.6 Å². The van der Waals surface area contributed by atoms with E-state index in [1.807, 2.05) is 13.8 Å². The third-order valence-corrected chi connectivity index (χ3v) is 3.45. The second-order valence-electron chi connectivity index (χ2n) is 4.15. The number of carbonyl (C=O) groups is 2. The van der Waals surface area contributed by atoms with Crippen molar-refractivity contribution >= 4 is 24.4 Å². The van der Waals surface area contributed by atoms with Gasteiger partial charge in [-0.15, -0.1) is 0 Å². The normalized spacial score (nSPS) is 40.1. The van der Waals surface area contributed by atoms with Gasteiger partial charge in [0.15, 0.2) is 0 Å². The Labute approximate surface area is 94.4 Å². The molecule has 0 aromatic carbocycles. The van der Waals surface area contributed by atoms with Gasteiger partial charge < -0.3 is 4.74 Å². The Hall–Kier alpha value is -0.550. The molecule has 2 aliphatic rings. The standard InChI is InChI=1S/C10H15NO3S/c1-5-7-8(6(2)14-5)10(13)11(3-4-15)9(7)12/h5-8,15H,3-4H2,1-2H3. The molecule has 0 aliphatic carbocycles. The predicted molar refractivity (Wildman–Crippen MR) is 57.6 cm³/mol. The molecule has 2 rings (SSSR count). The van der Waals surface area contributed by atoms with Crippen LogP contribution in [0, 0.1) is 11.8 Å². The summed E-state index contributed by atoms with van der Waals surface area (Å²) in [6.45, 7) is 4.13. The minimum Gasteiger partial charge on any atom is -0.374 e. The van der Waals surface area contributed by atoms with Gasteiger partial charge in [-0.05, 0) is 13.8 Å². The summed E-state index contributed by atoms with van der Waals surface area (Å²) in [5.41, 5.74) is 0. The highest BCUT2D eigenvalue weighted by Gasteiger charge is 2.56. The molecule has 0 aromatic heterocycles. The first-order valence-electron chi connectivity index (χ1n) is 5.19. The summed E-state index contributed by atoms with van der Waals surface area (Å²) in [5.74, 6) is -0.202. The predicted octanol–water partition coefficient (Wildman–Crippen LogP) is 0.325. The highest BCUT2D eigenvalue weighted by molar-refractivity contribution is 7.80. The Morgan fingerprint density at radius 1 is 1.20 bits per heavy atom. The van der Waals surface area contributed by atoms with E-state index >= 15 is 0 Å². The lowest BCUT2D eigenvalue weighted by Gasteiger charge is -2.17. The van der Waals surface area contributed by atoms with E-state index in [1.165, 1.54) is 4.90 Å². The Bertz CT molecular complexity index is 281. The molecule has 2 fully saturated rings. The second-order valence-corrected chi connectivity index (χ2v) is 4.60. The minimum atomic E-state index is -0.271. The fourth-order valence-corrected chi connectivity index (χ4v) is 2.79. The van der Waals surface area contributed by atoms with Crippen molar-refractivity contribution < 1.29 is 14.3 Å². The number of fused-ring (bicyclic) bond motifs is 1. The Kier molecular flexibility index (Phi) is 2.77. The van der Waals surface area contributed by atoms with Crippen molar-refractivity contribution in [3.63, 3.8) is 0 Å². The lowest BCUT2D eigenvalue weighted by Crippen LogP contribution is -2.36. The van der Waals surface area contributed by atoms with Crippen molar-refractivity contribution in [3.05, 3.63) is 0 Å². The summed E-state index contributed by atoms with van der Waals surface area (Å²) in [7, 11) is 0. The van der Waals surface area contributed by atoms with Gasteiger partial charge in [0.2, 0.25) is 11.8 Å². The summed E-state index contributed by atoms with van der Waals surface area (Å²) >= 11 is 4.05. The first-order valence-corrected chi connectivity index (χ1v) is 5.82. The summed E-state index contributed by atoms with van der Waals surface area (Å²) in [6.07, 6.45) is -0.294. The van der Waals surface area contributed by atoms with Crippen LogP contribution >= 0.6 is 12.6 Å². The molecule has 2 heterocycles. The Morgan fingerprint density at radius 3 is 2.07 bits per heavy atom. The summed E-state index contributed by atoms with van der Waals surface area (Å²) in [6, 6.07) is 0. The van der Waals surface area contributed by atoms with Crippen LogP contribution in [0.4, 0.5) is 0 Å². The number of nitrogens with zero attached hydrogens (tertiary/aromatic N) is 1. The first-order chi connectivity index (χ1) is 7.07. The van der Waals surface area contributed by atoms with Crippen LogP contribution in [0.5, 0.6) is 0 Å². The molecule has 0 radical (unpaired) electrons. The van der Waals surface area contributed by atoms with Gasteiger partial charge in [-0.1, -0.05) is 0 Å². The minimum absolute atomic E-state index is 0.0871. The zero-order chi connectivity index (χ0) is 11.2. The van der Waals surface area contributed by atoms with E-state index in [0.717, 1.165) is 0 Å². The molecule has 2 amide bonds. The third kappa shape index (κ3) is 1.49. The van der Waals surface area contributed by atoms with Crippen molar-refractivity contribution in [2.75, 3.05) is 12.3 Å². The monoisotopic (exact) mass is 229 g/mol. The number of rotatable bonds is 2. The molecular weight excluding hydrogens is 214 g/mol. The van der Waals surface area contributed by atoms with Gasteiger partial charge in [-0.2, -0.15) is 12.6 Å². The van der Waals surface area contributed by atoms with E-state index in [2.05, 4.69) is 12.6 Å². The van der Waals surface area contributed by atoms with E-state index in [-0.39, 0.29) is 35.9 Å². The number of thiol groups is 1. The van der Waals surface area contributed by atoms with Crippen LogP contribution in [0.2, 0.25) is 0 Å². The van der Waals surface area contributed by atoms with Crippen molar-refractivity contribution in [2.45, 2.75) is 26.1 Å². The SMILES string of the molecule is CC1OC(C)C2C(=O)N(CCS)C(=O)C12. The van der Waals surface area contributed by atoms with Gasteiger partial charge in [0.25, 0.3) is 0 Å². The van der Waals surface area contributed by atoms with Gasteiger partial charge in [0.05, 0.1) is 24.0 Å². The van der Waals surface area contributed by atoms with Crippen LogP contribution in [0.3, 0.4) is 0 Å². The van der Waals surface area contributed by atoms with Crippen LogP contribution in [-0.2, 0) is 14.3 Å². The molecule has 2 aliphatic heterocycles. The molecular formula is C10H15NO3S. The molecule has 0 bridgehead atoms. The lowest BCUT2D eigenvalue weighted by molar-refractivity contribution is -0.142. The van der Waals surface area contributed by atoms with Crippen LogP contribution in [0.1, 0.15) is 13.8 Å². The van der Waals surface area contributed by atoms with Gasteiger partial charge in [-0.25, -0.2) is 0 Å². The molecule has 0 aromatic rings. The average molecular weight is 229 g/mol. The van der Waals surface area contributed by atoms with Crippen molar-refractivity contribution in [3.8, 4) is 0 Å². The third-order valence-electron chi connectivity index (χ3n) is 3.25. The maximum absolute atomic E-state index is 11.9. The van der Waals surface area contributed by atoms with E-state index < -0.39 is 0 Å². The van der Waals surface area contributed by atoms with Crippen molar-refractivity contribution in [1.29, 1.82) is 0 Å². The maximum atomic E-state index is 11.9. The van der Waals surface area contributed by atoms with E-state index in [0.29, 0.717) is 12.3 Å². The molecule has 5 heteroatoms. The quantitative estimate of drug-likeness (QED) is 0.548. The van der Waals surface area contributed by atoms with Crippen LogP contribution in [0.25, 0.3) is 0 Å².